The molecule has 1 unspecified atom stereocenters. The van der Waals surface area contributed by atoms with E-state index in [4.69, 9.17) is 9.47 Å². The Balaban J connectivity index is 2.03. The lowest BCUT2D eigenvalue weighted by Crippen LogP contribution is -2.21. The molecule has 3 aromatic rings. The van der Waals surface area contributed by atoms with Crippen LogP contribution in [-0.2, 0) is 20.7 Å². The zero-order chi connectivity index (χ0) is 22.5. The number of fused-ring (bicyclic) bond motifs is 1. The molecule has 1 atom stereocenters. The van der Waals surface area contributed by atoms with Gasteiger partial charge in [0.1, 0.15) is 23.3 Å². The first kappa shape index (κ1) is 22.1. The molecule has 0 spiro atoms. The van der Waals surface area contributed by atoms with E-state index >= 15 is 0 Å². The van der Waals surface area contributed by atoms with Gasteiger partial charge in [0.15, 0.2) is 11.4 Å². The van der Waals surface area contributed by atoms with E-state index in [-0.39, 0.29) is 29.5 Å². The summed E-state index contributed by atoms with van der Waals surface area (Å²) in [6, 6.07) is 7.74. The van der Waals surface area contributed by atoms with Crippen molar-refractivity contribution in [3.63, 3.8) is 0 Å². The van der Waals surface area contributed by atoms with E-state index in [1.807, 2.05) is 0 Å². The number of carbonyl (C=O) groups is 2. The zero-order valence-electron chi connectivity index (χ0n) is 17.3. The van der Waals surface area contributed by atoms with Crippen LogP contribution in [0.15, 0.2) is 36.5 Å². The summed E-state index contributed by atoms with van der Waals surface area (Å²) in [7, 11) is 1.47. The van der Waals surface area contributed by atoms with Gasteiger partial charge in [0.25, 0.3) is 0 Å². The third kappa shape index (κ3) is 5.32. The van der Waals surface area contributed by atoms with Gasteiger partial charge in [-0.3, -0.25) is 9.78 Å². The van der Waals surface area contributed by atoms with Crippen molar-refractivity contribution < 1.29 is 28.6 Å². The molecule has 2 aromatic heterocycles. The van der Waals surface area contributed by atoms with E-state index in [1.165, 1.54) is 32.4 Å². The Bertz CT molecular complexity index is 1120. The maximum Gasteiger partial charge on any atom is 0.361 e. The first-order chi connectivity index (χ1) is 14.8. The highest BCUT2D eigenvalue weighted by molar-refractivity contribution is 6.05. The number of nitrogens with zero attached hydrogens (tertiary/aromatic N) is 2. The Labute approximate surface area is 178 Å². The van der Waals surface area contributed by atoms with E-state index in [2.05, 4.69) is 15.3 Å². The van der Waals surface area contributed by atoms with Crippen LogP contribution in [0.25, 0.3) is 10.9 Å². The number of halogens is 1. The van der Waals surface area contributed by atoms with Crippen molar-refractivity contribution in [2.45, 2.75) is 26.4 Å². The number of amides is 1. The number of carbonyl (C=O) groups excluding carboxylic acids is 2. The molecule has 2 heterocycles. The molecule has 0 aliphatic heterocycles. The molecule has 0 fully saturated rings. The molecule has 0 saturated heterocycles. The number of esters is 1. The summed E-state index contributed by atoms with van der Waals surface area (Å²) in [5.41, 5.74) is 1.33. The summed E-state index contributed by atoms with van der Waals surface area (Å²) in [6.07, 6.45) is 1.41. The molecule has 9 heteroatoms. The zero-order valence-corrected chi connectivity index (χ0v) is 17.3. The largest absolute Gasteiger partial charge is 0.504 e. The monoisotopic (exact) mass is 427 g/mol. The predicted octanol–water partition coefficient (Wildman–Crippen LogP) is 3.22. The molecule has 31 heavy (non-hydrogen) atoms. The second kappa shape index (κ2) is 9.48. The quantitative estimate of drug-likeness (QED) is 0.557. The number of rotatable bonds is 7. The first-order valence-corrected chi connectivity index (χ1v) is 9.52. The first-order valence-electron chi connectivity index (χ1n) is 9.52. The number of nitrogens with one attached hydrogen (secondary N) is 1. The molecule has 0 radical (unpaired) electrons. The van der Waals surface area contributed by atoms with Gasteiger partial charge >= 0.3 is 5.97 Å². The summed E-state index contributed by atoms with van der Waals surface area (Å²) in [4.78, 5) is 32.6. The molecule has 8 nitrogen and oxygen atoms in total. The van der Waals surface area contributed by atoms with Crippen LogP contribution in [-0.4, -0.2) is 46.8 Å². The molecule has 2 N–H and O–H groups in total. The average molecular weight is 427 g/mol. The number of hydrogen-bond donors (Lipinski definition) is 2. The highest BCUT2D eigenvalue weighted by atomic mass is 19.1. The van der Waals surface area contributed by atoms with Gasteiger partial charge in [-0.1, -0.05) is 12.1 Å². The summed E-state index contributed by atoms with van der Waals surface area (Å²) < 4.78 is 23.3. The van der Waals surface area contributed by atoms with Crippen molar-refractivity contribution >= 4 is 28.6 Å². The van der Waals surface area contributed by atoms with Gasteiger partial charge < -0.3 is 19.9 Å². The highest BCUT2D eigenvalue weighted by Gasteiger charge is 2.23. The van der Waals surface area contributed by atoms with Crippen molar-refractivity contribution in [3.05, 3.63) is 59.2 Å². The predicted molar refractivity (Wildman–Crippen MR) is 111 cm³/mol. The summed E-state index contributed by atoms with van der Waals surface area (Å²) in [5, 5.41) is 13.5. The van der Waals surface area contributed by atoms with Gasteiger partial charge in [-0.05, 0) is 42.7 Å². The third-order valence-electron chi connectivity index (χ3n) is 4.39. The Morgan fingerprint density at radius 2 is 1.94 bits per heavy atom. The fourth-order valence-corrected chi connectivity index (χ4v) is 3.06. The van der Waals surface area contributed by atoms with Crippen molar-refractivity contribution in [2.24, 2.45) is 0 Å². The van der Waals surface area contributed by atoms with Crippen molar-refractivity contribution in [1.29, 1.82) is 0 Å². The van der Waals surface area contributed by atoms with Crippen LogP contribution in [0.4, 0.5) is 10.2 Å². The van der Waals surface area contributed by atoms with Gasteiger partial charge in [0.2, 0.25) is 5.91 Å². The summed E-state index contributed by atoms with van der Waals surface area (Å²) in [6.45, 7) is 3.10. The Hall–Kier alpha value is -3.59. The van der Waals surface area contributed by atoms with Gasteiger partial charge in [0, 0.05) is 25.6 Å². The average Bonchev–Trinajstić information content (AvgIpc) is 2.71. The molecule has 0 aliphatic rings. The number of ether oxygens (including phenoxy) is 2. The second-order valence-electron chi connectivity index (χ2n) is 7.05. The molecule has 0 bridgehead atoms. The molecule has 162 valence electrons. The van der Waals surface area contributed by atoms with E-state index in [9.17, 15) is 19.1 Å². The topological polar surface area (TPSA) is 111 Å². The lowest BCUT2D eigenvalue weighted by molar-refractivity contribution is -0.114. The lowest BCUT2D eigenvalue weighted by atomic mass is 10.0. The van der Waals surface area contributed by atoms with Crippen LogP contribution < -0.4 is 5.32 Å². The number of aromatic nitrogens is 2. The van der Waals surface area contributed by atoms with Crippen LogP contribution >= 0.6 is 0 Å². The van der Waals surface area contributed by atoms with E-state index < -0.39 is 23.7 Å². The van der Waals surface area contributed by atoms with Crippen LogP contribution in [0.1, 0.15) is 35.5 Å². The number of anilines is 1. The number of benzene rings is 1. The maximum absolute atomic E-state index is 13.1. The Morgan fingerprint density at radius 3 is 2.58 bits per heavy atom. The SMILES string of the molecule is COCC(C)OC(=O)c1nc(NC(C)=O)c2cc(Cc3ccc(F)cc3)cnc2c1O. The normalized spacial score (nSPS) is 11.9. The third-order valence-corrected chi connectivity index (χ3v) is 4.39. The van der Waals surface area contributed by atoms with Gasteiger partial charge in [-0.25, -0.2) is 14.2 Å². The number of methoxy groups -OCH3 is 1. The van der Waals surface area contributed by atoms with Crippen molar-refractivity contribution in [2.75, 3.05) is 19.0 Å². The molecular weight excluding hydrogens is 405 g/mol. The lowest BCUT2D eigenvalue weighted by Gasteiger charge is -2.15. The molecule has 0 saturated carbocycles. The number of aromatic hydroxyl groups is 1. The molecule has 0 aliphatic carbocycles. The minimum absolute atomic E-state index is 0.0695. The fourth-order valence-electron chi connectivity index (χ4n) is 3.06. The van der Waals surface area contributed by atoms with Crippen molar-refractivity contribution in [3.8, 4) is 5.75 Å². The Morgan fingerprint density at radius 1 is 1.23 bits per heavy atom. The number of hydrogen-bond acceptors (Lipinski definition) is 7. The van der Waals surface area contributed by atoms with Crippen LogP contribution in [0.3, 0.4) is 0 Å². The van der Waals surface area contributed by atoms with Crippen LogP contribution in [0, 0.1) is 5.82 Å². The fraction of sp³-hybridized carbons (Fsp3) is 0.273. The van der Waals surface area contributed by atoms with E-state index in [0.29, 0.717) is 11.8 Å². The van der Waals surface area contributed by atoms with E-state index in [1.54, 1.807) is 25.1 Å². The number of pyridine rings is 2. The molecule has 3 rings (SSSR count). The summed E-state index contributed by atoms with van der Waals surface area (Å²) >= 11 is 0. The minimum atomic E-state index is -0.868. The van der Waals surface area contributed by atoms with E-state index in [0.717, 1.165) is 11.1 Å². The van der Waals surface area contributed by atoms with Gasteiger partial charge in [-0.15, -0.1) is 0 Å². The highest BCUT2D eigenvalue weighted by Crippen LogP contribution is 2.32. The molecule has 1 amide bonds. The smallest absolute Gasteiger partial charge is 0.361 e. The van der Waals surface area contributed by atoms with Crippen LogP contribution in [0.2, 0.25) is 0 Å². The Kier molecular flexibility index (Phi) is 6.76. The van der Waals surface area contributed by atoms with Crippen molar-refractivity contribution in [1.82, 2.24) is 9.97 Å². The minimum Gasteiger partial charge on any atom is -0.504 e. The maximum atomic E-state index is 13.1. The molecular formula is C22H22FN3O5. The van der Waals surface area contributed by atoms with Gasteiger partial charge in [-0.2, -0.15) is 0 Å². The van der Waals surface area contributed by atoms with Crippen LogP contribution in [0.5, 0.6) is 5.75 Å². The summed E-state index contributed by atoms with van der Waals surface area (Å²) in [5.74, 6) is -1.99. The molecule has 1 aromatic carbocycles. The van der Waals surface area contributed by atoms with Gasteiger partial charge in [0.05, 0.1) is 6.61 Å². The second-order valence-corrected chi connectivity index (χ2v) is 7.05. The standard InChI is InChI=1S/C22H22FN3O5/c1-12(11-30-3)31-22(29)19-20(28)18-17(21(26-19)25-13(2)27)9-15(10-24-18)8-14-4-6-16(23)7-5-14/h4-7,9-10,12,28H,8,11H2,1-3H3,(H,25,26,27).